The van der Waals surface area contributed by atoms with Crippen LogP contribution < -0.4 is 4.74 Å². The third-order valence-electron chi connectivity index (χ3n) is 4.37. The van der Waals surface area contributed by atoms with E-state index in [1.54, 1.807) is 0 Å². The molecule has 1 atom stereocenters. The Labute approximate surface area is 139 Å². The third kappa shape index (κ3) is 4.55. The van der Waals surface area contributed by atoms with Crippen molar-refractivity contribution in [1.29, 1.82) is 0 Å². The summed E-state index contributed by atoms with van der Waals surface area (Å²) in [5.74, 6) is 1.20. The van der Waals surface area contributed by atoms with Gasteiger partial charge < -0.3 is 9.47 Å². The van der Waals surface area contributed by atoms with Gasteiger partial charge in [-0.1, -0.05) is 45.9 Å². The molecular weight excluding hydrogens is 290 g/mol. The van der Waals surface area contributed by atoms with Crippen LogP contribution in [0.3, 0.4) is 0 Å². The van der Waals surface area contributed by atoms with E-state index in [-0.39, 0.29) is 12.0 Å². The van der Waals surface area contributed by atoms with Crippen LogP contribution in [0.4, 0.5) is 0 Å². The highest BCUT2D eigenvalue weighted by molar-refractivity contribution is 5.75. The van der Waals surface area contributed by atoms with Crippen LogP contribution in [-0.2, 0) is 9.53 Å². The molecule has 4 nitrogen and oxygen atoms in total. The Hall–Kier alpha value is -1.39. The Morgan fingerprint density at radius 3 is 2.39 bits per heavy atom. The molecular formula is C19H29NO3. The molecule has 1 aliphatic heterocycles. The van der Waals surface area contributed by atoms with E-state index in [0.717, 1.165) is 23.4 Å². The van der Waals surface area contributed by atoms with Crippen LogP contribution >= 0.6 is 0 Å². The van der Waals surface area contributed by atoms with Gasteiger partial charge in [0.25, 0.3) is 0 Å². The molecule has 0 aliphatic carbocycles. The van der Waals surface area contributed by atoms with Crippen LogP contribution in [0.25, 0.3) is 0 Å². The first kappa shape index (κ1) is 18.0. The number of benzene rings is 1. The molecule has 128 valence electrons. The average Bonchev–Trinajstić information content (AvgIpc) is 2.49. The molecule has 0 saturated carbocycles. The smallest absolute Gasteiger partial charge is 0.325 e. The van der Waals surface area contributed by atoms with Crippen LogP contribution in [0, 0.1) is 0 Å². The Kier molecular flexibility index (Phi) is 6.19. The van der Waals surface area contributed by atoms with E-state index in [4.69, 9.17) is 9.47 Å². The highest BCUT2D eigenvalue weighted by atomic mass is 16.5. The van der Waals surface area contributed by atoms with Crippen molar-refractivity contribution in [3.8, 4) is 5.75 Å². The van der Waals surface area contributed by atoms with Gasteiger partial charge in [-0.3, -0.25) is 9.69 Å². The van der Waals surface area contributed by atoms with Crippen LogP contribution in [-0.4, -0.2) is 43.2 Å². The highest BCUT2D eigenvalue weighted by Gasteiger charge is 2.24. The second-order valence-corrected chi connectivity index (χ2v) is 6.94. The number of rotatable bonds is 5. The van der Waals surface area contributed by atoms with E-state index in [0.29, 0.717) is 31.6 Å². The Morgan fingerprint density at radius 2 is 1.87 bits per heavy atom. The monoisotopic (exact) mass is 319 g/mol. The SMILES string of the molecule is CC(C)c1cccc(C(C)C)c1OC(=O)CN1CCOCC1C. The number of hydrogen-bond acceptors (Lipinski definition) is 4. The quantitative estimate of drug-likeness (QED) is 0.614. The fraction of sp³-hybridized carbons (Fsp3) is 0.632. The van der Waals surface area contributed by atoms with E-state index < -0.39 is 0 Å². The predicted octanol–water partition coefficient (Wildman–Crippen LogP) is 3.56. The molecule has 0 aromatic heterocycles. The zero-order valence-electron chi connectivity index (χ0n) is 15.0. The van der Waals surface area contributed by atoms with Crippen LogP contribution in [0.5, 0.6) is 5.75 Å². The summed E-state index contributed by atoms with van der Waals surface area (Å²) in [6.45, 7) is 13.0. The van der Waals surface area contributed by atoms with E-state index in [2.05, 4.69) is 51.7 Å². The fourth-order valence-electron chi connectivity index (χ4n) is 2.91. The molecule has 1 saturated heterocycles. The lowest BCUT2D eigenvalue weighted by Gasteiger charge is -2.32. The van der Waals surface area contributed by atoms with Crippen molar-refractivity contribution in [2.45, 2.75) is 52.5 Å². The lowest BCUT2D eigenvalue weighted by atomic mass is 9.94. The van der Waals surface area contributed by atoms with Crippen LogP contribution in [0.1, 0.15) is 57.6 Å². The largest absolute Gasteiger partial charge is 0.425 e. The molecule has 2 rings (SSSR count). The third-order valence-corrected chi connectivity index (χ3v) is 4.37. The van der Waals surface area contributed by atoms with E-state index >= 15 is 0 Å². The van der Waals surface area contributed by atoms with Gasteiger partial charge >= 0.3 is 5.97 Å². The summed E-state index contributed by atoms with van der Waals surface area (Å²) < 4.78 is 11.2. The second-order valence-electron chi connectivity index (χ2n) is 6.94. The molecule has 4 heteroatoms. The van der Waals surface area contributed by atoms with Gasteiger partial charge in [-0.2, -0.15) is 0 Å². The van der Waals surface area contributed by atoms with Gasteiger partial charge in [-0.05, 0) is 29.9 Å². The molecule has 0 bridgehead atoms. The maximum atomic E-state index is 12.5. The van der Waals surface area contributed by atoms with Gasteiger partial charge in [-0.25, -0.2) is 0 Å². The first-order chi connectivity index (χ1) is 10.9. The van der Waals surface area contributed by atoms with Gasteiger partial charge in [0.15, 0.2) is 0 Å². The van der Waals surface area contributed by atoms with Gasteiger partial charge in [0.2, 0.25) is 0 Å². The molecule has 0 N–H and O–H groups in total. The summed E-state index contributed by atoms with van der Waals surface area (Å²) in [6, 6.07) is 6.40. The van der Waals surface area contributed by atoms with Crippen LogP contribution in [0.15, 0.2) is 18.2 Å². The lowest BCUT2D eigenvalue weighted by molar-refractivity contribution is -0.138. The van der Waals surface area contributed by atoms with Crippen molar-refractivity contribution in [2.24, 2.45) is 0 Å². The second kappa shape index (κ2) is 7.93. The standard InChI is InChI=1S/C19H29NO3/c1-13(2)16-7-6-8-17(14(3)4)19(16)23-18(21)11-20-9-10-22-12-15(20)5/h6-8,13-15H,9-12H2,1-5H3. The fourth-order valence-corrected chi connectivity index (χ4v) is 2.91. The topological polar surface area (TPSA) is 38.8 Å². The number of nitrogens with zero attached hydrogens (tertiary/aromatic N) is 1. The summed E-state index contributed by atoms with van der Waals surface area (Å²) in [4.78, 5) is 14.6. The number of morpholine rings is 1. The minimum absolute atomic E-state index is 0.186. The van der Waals surface area contributed by atoms with Crippen molar-refractivity contribution >= 4 is 5.97 Å². The summed E-state index contributed by atoms with van der Waals surface area (Å²) in [7, 11) is 0. The normalized spacial score (nSPS) is 19.3. The predicted molar refractivity (Wildman–Crippen MR) is 92.1 cm³/mol. The Bertz CT molecular complexity index is 513. The minimum atomic E-state index is -0.186. The number of ether oxygens (including phenoxy) is 2. The average molecular weight is 319 g/mol. The summed E-state index contributed by atoms with van der Waals surface area (Å²) >= 11 is 0. The van der Waals surface area contributed by atoms with Gasteiger partial charge in [0.05, 0.1) is 19.8 Å². The molecule has 1 aliphatic rings. The Balaban J connectivity index is 2.16. The lowest BCUT2D eigenvalue weighted by Crippen LogP contribution is -2.46. The Morgan fingerprint density at radius 1 is 1.26 bits per heavy atom. The van der Waals surface area contributed by atoms with E-state index in [9.17, 15) is 4.79 Å². The number of para-hydroxylation sites is 1. The van der Waals surface area contributed by atoms with Gasteiger partial charge in [0.1, 0.15) is 5.75 Å². The first-order valence-electron chi connectivity index (χ1n) is 8.55. The zero-order valence-corrected chi connectivity index (χ0v) is 15.0. The van der Waals surface area contributed by atoms with Crippen molar-refractivity contribution < 1.29 is 14.3 Å². The number of esters is 1. The van der Waals surface area contributed by atoms with Crippen molar-refractivity contribution in [3.05, 3.63) is 29.3 Å². The molecule has 0 radical (unpaired) electrons. The summed E-state index contributed by atoms with van der Waals surface area (Å²) in [5, 5.41) is 0. The summed E-state index contributed by atoms with van der Waals surface area (Å²) in [6.07, 6.45) is 0. The first-order valence-corrected chi connectivity index (χ1v) is 8.55. The number of carbonyl (C=O) groups is 1. The molecule has 1 unspecified atom stereocenters. The maximum Gasteiger partial charge on any atom is 0.325 e. The molecule has 0 amide bonds. The highest BCUT2D eigenvalue weighted by Crippen LogP contribution is 2.34. The number of carbonyl (C=O) groups excluding carboxylic acids is 1. The number of hydrogen-bond donors (Lipinski definition) is 0. The van der Waals surface area contributed by atoms with Gasteiger partial charge in [0, 0.05) is 12.6 Å². The minimum Gasteiger partial charge on any atom is -0.425 e. The van der Waals surface area contributed by atoms with Gasteiger partial charge in [-0.15, -0.1) is 0 Å². The maximum absolute atomic E-state index is 12.5. The molecule has 23 heavy (non-hydrogen) atoms. The van der Waals surface area contributed by atoms with Crippen LogP contribution in [0.2, 0.25) is 0 Å². The molecule has 1 heterocycles. The van der Waals surface area contributed by atoms with E-state index in [1.165, 1.54) is 0 Å². The van der Waals surface area contributed by atoms with E-state index in [1.807, 2.05) is 6.07 Å². The molecule has 1 aromatic carbocycles. The molecule has 1 aromatic rings. The van der Waals surface area contributed by atoms with Crippen molar-refractivity contribution in [3.63, 3.8) is 0 Å². The zero-order chi connectivity index (χ0) is 17.0. The summed E-state index contributed by atoms with van der Waals surface area (Å²) in [5.41, 5.74) is 2.19. The molecule has 1 fully saturated rings. The molecule has 0 spiro atoms. The van der Waals surface area contributed by atoms with Crippen molar-refractivity contribution in [1.82, 2.24) is 4.90 Å². The van der Waals surface area contributed by atoms with Crippen molar-refractivity contribution in [2.75, 3.05) is 26.3 Å².